The van der Waals surface area contributed by atoms with Crippen LogP contribution in [0, 0.1) is 0 Å². The first-order valence-electron chi connectivity index (χ1n) is 5.12. The Morgan fingerprint density at radius 2 is 2.41 bits per heavy atom. The molecule has 2 rings (SSSR count). The van der Waals surface area contributed by atoms with E-state index in [4.69, 9.17) is 11.6 Å². The summed E-state index contributed by atoms with van der Waals surface area (Å²) in [6, 6.07) is -0.348. The van der Waals surface area contributed by atoms with E-state index in [0.29, 0.717) is 30.5 Å². The molecule has 1 aromatic heterocycles. The third-order valence-corrected chi connectivity index (χ3v) is 3.14. The molecule has 0 spiro atoms. The zero-order valence-corrected chi connectivity index (χ0v) is 9.98. The molecule has 2 heterocycles. The summed E-state index contributed by atoms with van der Waals surface area (Å²) >= 11 is 5.88. The second kappa shape index (κ2) is 4.71. The van der Waals surface area contributed by atoms with E-state index in [0.717, 1.165) is 0 Å². The van der Waals surface area contributed by atoms with Crippen LogP contribution in [0.2, 0.25) is 5.02 Å². The van der Waals surface area contributed by atoms with E-state index < -0.39 is 0 Å². The molecule has 1 aliphatic rings. The lowest BCUT2D eigenvalue weighted by molar-refractivity contribution is -0.143. The lowest BCUT2D eigenvalue weighted by atomic mass is 10.0. The van der Waals surface area contributed by atoms with Crippen LogP contribution in [-0.2, 0) is 9.53 Å². The van der Waals surface area contributed by atoms with Crippen LogP contribution < -0.4 is 4.90 Å². The minimum absolute atomic E-state index is 0.285. The lowest BCUT2D eigenvalue weighted by Crippen LogP contribution is -2.53. The Balaban J connectivity index is 2.32. The van der Waals surface area contributed by atoms with Crippen molar-refractivity contribution in [3.8, 4) is 0 Å². The fraction of sp³-hybridized carbons (Fsp3) is 0.364. The molecule has 0 aromatic carbocycles. The van der Waals surface area contributed by atoms with Gasteiger partial charge in [-0.3, -0.25) is 9.78 Å². The Hall–Kier alpha value is -1.62. The molecule has 17 heavy (non-hydrogen) atoms. The number of rotatable bonds is 3. The molecule has 0 bridgehead atoms. The molecule has 1 saturated heterocycles. The molecule has 1 fully saturated rings. The fourth-order valence-corrected chi connectivity index (χ4v) is 2.03. The van der Waals surface area contributed by atoms with Crippen molar-refractivity contribution in [3.05, 3.63) is 23.0 Å². The molecule has 1 aromatic rings. The summed E-state index contributed by atoms with van der Waals surface area (Å²) in [5.41, 5.74) is 0.935. The van der Waals surface area contributed by atoms with Gasteiger partial charge in [-0.1, -0.05) is 11.6 Å². The predicted octanol–water partition coefficient (Wildman–Crippen LogP) is 1.30. The van der Waals surface area contributed by atoms with Crippen LogP contribution in [0.3, 0.4) is 0 Å². The number of aldehydes is 1. The van der Waals surface area contributed by atoms with Gasteiger partial charge in [0.1, 0.15) is 6.04 Å². The molecular weight excluding hydrogens is 244 g/mol. The van der Waals surface area contributed by atoms with Gasteiger partial charge in [-0.15, -0.1) is 0 Å². The summed E-state index contributed by atoms with van der Waals surface area (Å²) in [5, 5.41) is 0.285. The molecule has 90 valence electrons. The van der Waals surface area contributed by atoms with Gasteiger partial charge < -0.3 is 9.64 Å². The first kappa shape index (κ1) is 11.9. The van der Waals surface area contributed by atoms with Crippen molar-refractivity contribution in [3.63, 3.8) is 0 Å². The quantitative estimate of drug-likeness (QED) is 0.601. The monoisotopic (exact) mass is 254 g/mol. The summed E-state index contributed by atoms with van der Waals surface area (Å²) in [4.78, 5) is 28.1. The van der Waals surface area contributed by atoms with Gasteiger partial charge in [0.15, 0.2) is 6.29 Å². The summed E-state index contributed by atoms with van der Waals surface area (Å²) in [7, 11) is 1.34. The summed E-state index contributed by atoms with van der Waals surface area (Å²) in [6.45, 7) is 0.683. The average Bonchev–Trinajstić information content (AvgIpc) is 2.28. The number of hydrogen-bond donors (Lipinski definition) is 0. The summed E-state index contributed by atoms with van der Waals surface area (Å²) < 4.78 is 4.69. The molecule has 6 heteroatoms. The van der Waals surface area contributed by atoms with E-state index in [1.54, 1.807) is 4.90 Å². The van der Waals surface area contributed by atoms with Crippen LogP contribution in [0.4, 0.5) is 5.69 Å². The van der Waals surface area contributed by atoms with Crippen molar-refractivity contribution in [2.45, 2.75) is 12.5 Å². The van der Waals surface area contributed by atoms with E-state index >= 15 is 0 Å². The maximum absolute atomic E-state index is 11.5. The van der Waals surface area contributed by atoms with Crippen molar-refractivity contribution < 1.29 is 14.3 Å². The van der Waals surface area contributed by atoms with Crippen LogP contribution in [0.25, 0.3) is 0 Å². The summed E-state index contributed by atoms with van der Waals surface area (Å²) in [6.07, 6.45) is 4.32. The number of nitrogens with zero attached hydrogens (tertiary/aromatic N) is 2. The third kappa shape index (κ3) is 1.98. The Labute approximate surface area is 103 Å². The maximum Gasteiger partial charge on any atom is 0.328 e. The van der Waals surface area contributed by atoms with Gasteiger partial charge in [0, 0.05) is 12.7 Å². The SMILES string of the molecule is COC(=O)C1CCN1c1cncc(Cl)c1C=O. The standard InChI is InChI=1S/C11H11ClN2O3/c1-17-11(16)9-2-3-14(9)10-5-13-4-8(12)7(10)6-15/h4-6,9H,2-3H2,1H3. The first-order valence-corrected chi connectivity index (χ1v) is 5.50. The van der Waals surface area contributed by atoms with Crippen LogP contribution in [0.15, 0.2) is 12.4 Å². The van der Waals surface area contributed by atoms with E-state index in [9.17, 15) is 9.59 Å². The number of anilines is 1. The minimum atomic E-state index is -0.348. The maximum atomic E-state index is 11.5. The van der Waals surface area contributed by atoms with Crippen LogP contribution >= 0.6 is 11.6 Å². The van der Waals surface area contributed by atoms with Gasteiger partial charge in [0.25, 0.3) is 0 Å². The lowest BCUT2D eigenvalue weighted by Gasteiger charge is -2.41. The summed E-state index contributed by atoms with van der Waals surface area (Å²) in [5.74, 6) is -0.312. The highest BCUT2D eigenvalue weighted by Crippen LogP contribution is 2.31. The molecule has 1 unspecified atom stereocenters. The molecule has 5 nitrogen and oxygen atoms in total. The molecular formula is C11H11ClN2O3. The number of hydrogen-bond acceptors (Lipinski definition) is 5. The van der Waals surface area contributed by atoms with Gasteiger partial charge >= 0.3 is 5.97 Å². The van der Waals surface area contributed by atoms with Crippen LogP contribution in [0.1, 0.15) is 16.8 Å². The van der Waals surface area contributed by atoms with Gasteiger partial charge in [0.05, 0.1) is 29.6 Å². The van der Waals surface area contributed by atoms with Crippen molar-refractivity contribution >= 4 is 29.5 Å². The zero-order valence-electron chi connectivity index (χ0n) is 9.22. The topological polar surface area (TPSA) is 59.5 Å². The van der Waals surface area contributed by atoms with Crippen molar-refractivity contribution in [2.24, 2.45) is 0 Å². The van der Waals surface area contributed by atoms with Crippen LogP contribution in [0.5, 0.6) is 0 Å². The van der Waals surface area contributed by atoms with E-state index in [1.807, 2.05) is 0 Å². The number of pyridine rings is 1. The van der Waals surface area contributed by atoms with Crippen molar-refractivity contribution in [1.29, 1.82) is 0 Å². The largest absolute Gasteiger partial charge is 0.467 e. The highest BCUT2D eigenvalue weighted by Gasteiger charge is 2.36. The Bertz CT molecular complexity index is 464. The fourth-order valence-electron chi connectivity index (χ4n) is 1.84. The number of halogens is 1. The highest BCUT2D eigenvalue weighted by molar-refractivity contribution is 6.33. The van der Waals surface area contributed by atoms with Gasteiger partial charge in [0.2, 0.25) is 0 Å². The molecule has 0 saturated carbocycles. The normalized spacial score (nSPS) is 18.5. The number of carbonyl (C=O) groups is 2. The van der Waals surface area contributed by atoms with Crippen molar-refractivity contribution in [2.75, 3.05) is 18.6 Å². The molecule has 0 radical (unpaired) electrons. The number of methoxy groups -OCH3 is 1. The highest BCUT2D eigenvalue weighted by atomic mass is 35.5. The van der Waals surface area contributed by atoms with E-state index in [2.05, 4.69) is 9.72 Å². The molecule has 0 amide bonds. The number of aromatic nitrogens is 1. The first-order chi connectivity index (χ1) is 8.19. The molecule has 0 aliphatic carbocycles. The van der Waals surface area contributed by atoms with Crippen LogP contribution in [-0.4, -0.2) is 36.9 Å². The van der Waals surface area contributed by atoms with E-state index in [-0.39, 0.29) is 17.0 Å². The molecule has 1 aliphatic heterocycles. The smallest absolute Gasteiger partial charge is 0.328 e. The molecule has 0 N–H and O–H groups in total. The number of ether oxygens (including phenoxy) is 1. The minimum Gasteiger partial charge on any atom is -0.467 e. The van der Waals surface area contributed by atoms with Gasteiger partial charge in [-0.25, -0.2) is 4.79 Å². The zero-order chi connectivity index (χ0) is 12.4. The van der Waals surface area contributed by atoms with Gasteiger partial charge in [-0.2, -0.15) is 0 Å². The van der Waals surface area contributed by atoms with Gasteiger partial charge in [-0.05, 0) is 6.42 Å². The predicted molar refractivity (Wildman–Crippen MR) is 62.4 cm³/mol. The van der Waals surface area contributed by atoms with Crippen molar-refractivity contribution in [1.82, 2.24) is 4.98 Å². The Morgan fingerprint density at radius 3 is 2.94 bits per heavy atom. The van der Waals surface area contributed by atoms with E-state index in [1.165, 1.54) is 19.5 Å². The Morgan fingerprint density at radius 1 is 1.65 bits per heavy atom. The second-order valence-corrected chi connectivity index (χ2v) is 4.10. The average molecular weight is 255 g/mol. The molecule has 1 atom stereocenters. The number of carbonyl (C=O) groups excluding carboxylic acids is 2. The number of esters is 1. The third-order valence-electron chi connectivity index (χ3n) is 2.84. The second-order valence-electron chi connectivity index (χ2n) is 3.69. The Kier molecular flexibility index (Phi) is 3.28.